The molecule has 7 nitrogen and oxygen atoms in total. The summed E-state index contributed by atoms with van der Waals surface area (Å²) in [5.41, 5.74) is 1.84. The third kappa shape index (κ3) is 4.71. The molecule has 2 unspecified atom stereocenters. The number of amides is 3. The molecule has 0 saturated carbocycles. The van der Waals surface area contributed by atoms with E-state index in [1.165, 1.54) is 0 Å². The van der Waals surface area contributed by atoms with Gasteiger partial charge in [0, 0.05) is 39.1 Å². The zero-order valence-electron chi connectivity index (χ0n) is 16.4. The molecule has 7 heteroatoms. The zero-order valence-corrected chi connectivity index (χ0v) is 16.4. The molecule has 0 radical (unpaired) electrons. The highest BCUT2D eigenvalue weighted by Crippen LogP contribution is 2.29. The lowest BCUT2D eigenvalue weighted by molar-refractivity contribution is -0.125. The smallest absolute Gasteiger partial charge is 0.321 e. The van der Waals surface area contributed by atoms with Crippen LogP contribution in [0.3, 0.4) is 0 Å². The Kier molecular flexibility index (Phi) is 6.21. The summed E-state index contributed by atoms with van der Waals surface area (Å²) in [4.78, 5) is 28.6. The fourth-order valence-electron chi connectivity index (χ4n) is 3.97. The first kappa shape index (κ1) is 19.5. The van der Waals surface area contributed by atoms with E-state index in [0.29, 0.717) is 25.9 Å². The highest BCUT2D eigenvalue weighted by atomic mass is 16.5. The van der Waals surface area contributed by atoms with Crippen LogP contribution in [-0.4, -0.2) is 62.3 Å². The van der Waals surface area contributed by atoms with Gasteiger partial charge in [0.2, 0.25) is 5.91 Å². The third-order valence-corrected chi connectivity index (χ3v) is 5.31. The highest BCUT2D eigenvalue weighted by Gasteiger charge is 2.28. The van der Waals surface area contributed by atoms with Crippen LogP contribution in [0.1, 0.15) is 26.7 Å². The topological polar surface area (TPSA) is 73.9 Å². The second kappa shape index (κ2) is 8.61. The Morgan fingerprint density at radius 1 is 1.07 bits per heavy atom. The van der Waals surface area contributed by atoms with E-state index in [0.717, 1.165) is 24.5 Å². The molecule has 27 heavy (non-hydrogen) atoms. The number of carbonyl (C=O) groups is 2. The van der Waals surface area contributed by atoms with Crippen molar-refractivity contribution in [3.8, 4) is 0 Å². The normalized spacial score (nSPS) is 23.8. The lowest BCUT2D eigenvalue weighted by Gasteiger charge is -2.38. The number of urea groups is 1. The van der Waals surface area contributed by atoms with Gasteiger partial charge in [-0.05, 0) is 38.8 Å². The van der Waals surface area contributed by atoms with Crippen LogP contribution in [-0.2, 0) is 9.53 Å². The van der Waals surface area contributed by atoms with Crippen molar-refractivity contribution in [2.24, 2.45) is 5.92 Å². The summed E-state index contributed by atoms with van der Waals surface area (Å²) < 4.78 is 5.82. The van der Waals surface area contributed by atoms with Gasteiger partial charge in [-0.25, -0.2) is 4.79 Å². The molecule has 0 aromatic heterocycles. The number of carbonyl (C=O) groups excluding carboxylic acids is 2. The molecule has 2 saturated heterocycles. The molecular weight excluding hydrogens is 344 g/mol. The molecule has 148 valence electrons. The Labute approximate surface area is 161 Å². The molecule has 2 fully saturated rings. The van der Waals surface area contributed by atoms with Crippen molar-refractivity contribution in [2.75, 3.05) is 43.4 Å². The number of nitrogens with zero attached hydrogens (tertiary/aromatic N) is 2. The van der Waals surface area contributed by atoms with Gasteiger partial charge in [0.25, 0.3) is 0 Å². The minimum absolute atomic E-state index is 0.00246. The first-order valence-electron chi connectivity index (χ1n) is 9.75. The van der Waals surface area contributed by atoms with Crippen LogP contribution < -0.4 is 15.5 Å². The van der Waals surface area contributed by atoms with Crippen LogP contribution in [0.2, 0.25) is 0 Å². The number of hydrogen-bond donors (Lipinski definition) is 2. The number of likely N-dealkylation sites (tertiary alicyclic amines) is 1. The van der Waals surface area contributed by atoms with Crippen molar-refractivity contribution in [2.45, 2.75) is 38.9 Å². The monoisotopic (exact) mass is 374 g/mol. The van der Waals surface area contributed by atoms with Crippen LogP contribution in [0, 0.1) is 5.92 Å². The van der Waals surface area contributed by atoms with Gasteiger partial charge in [0.1, 0.15) is 0 Å². The molecule has 1 aromatic rings. The molecule has 2 aliphatic rings. The maximum absolute atomic E-state index is 12.7. The molecule has 2 aliphatic heterocycles. The van der Waals surface area contributed by atoms with Crippen LogP contribution in [0.15, 0.2) is 24.3 Å². The SMILES string of the molecule is CNC(=O)C1CCN(C(=O)Nc2ccccc2N2CC(C)OC(C)C2)CC1. The van der Waals surface area contributed by atoms with Crippen molar-refractivity contribution in [1.29, 1.82) is 0 Å². The number of piperidine rings is 1. The van der Waals surface area contributed by atoms with Gasteiger partial charge in [0.05, 0.1) is 23.6 Å². The predicted octanol–water partition coefficient (Wildman–Crippen LogP) is 2.29. The molecule has 0 aliphatic carbocycles. The zero-order chi connectivity index (χ0) is 19.4. The average Bonchev–Trinajstić information content (AvgIpc) is 2.67. The molecule has 0 bridgehead atoms. The summed E-state index contributed by atoms with van der Waals surface area (Å²) in [6.45, 7) is 6.93. The lowest BCUT2D eigenvalue weighted by Crippen LogP contribution is -2.46. The number of rotatable bonds is 3. The van der Waals surface area contributed by atoms with Crippen molar-refractivity contribution < 1.29 is 14.3 Å². The van der Waals surface area contributed by atoms with Gasteiger partial charge in [-0.1, -0.05) is 12.1 Å². The maximum Gasteiger partial charge on any atom is 0.321 e. The summed E-state index contributed by atoms with van der Waals surface area (Å²) in [6, 6.07) is 7.80. The first-order chi connectivity index (χ1) is 13.0. The van der Waals surface area contributed by atoms with Gasteiger partial charge >= 0.3 is 6.03 Å². The van der Waals surface area contributed by atoms with Crippen molar-refractivity contribution >= 4 is 23.3 Å². The van der Waals surface area contributed by atoms with Gasteiger partial charge in [-0.3, -0.25) is 4.79 Å². The minimum Gasteiger partial charge on any atom is -0.372 e. The molecule has 3 amide bonds. The predicted molar refractivity (Wildman–Crippen MR) is 106 cm³/mol. The molecular formula is C20H30N4O3. The number of morpholine rings is 1. The number of ether oxygens (including phenoxy) is 1. The van der Waals surface area contributed by atoms with E-state index >= 15 is 0 Å². The minimum atomic E-state index is -0.104. The van der Waals surface area contributed by atoms with Gasteiger partial charge in [0.15, 0.2) is 0 Å². The number of benzene rings is 1. The quantitative estimate of drug-likeness (QED) is 0.851. The van der Waals surface area contributed by atoms with Crippen LogP contribution in [0.5, 0.6) is 0 Å². The van der Waals surface area contributed by atoms with E-state index in [9.17, 15) is 9.59 Å². The standard InChI is InChI=1S/C20H30N4O3/c1-14-12-24(13-15(2)27-14)18-7-5-4-6-17(18)22-20(26)23-10-8-16(9-11-23)19(25)21-3/h4-7,14-16H,8-13H2,1-3H3,(H,21,25)(H,22,26). The van der Waals surface area contributed by atoms with E-state index in [4.69, 9.17) is 4.74 Å². The molecule has 2 atom stereocenters. The molecule has 1 aromatic carbocycles. The van der Waals surface area contributed by atoms with E-state index in [1.54, 1.807) is 11.9 Å². The van der Waals surface area contributed by atoms with E-state index in [-0.39, 0.29) is 30.1 Å². The van der Waals surface area contributed by atoms with Crippen LogP contribution in [0.4, 0.5) is 16.2 Å². The summed E-state index contributed by atoms with van der Waals surface area (Å²) >= 11 is 0. The lowest BCUT2D eigenvalue weighted by atomic mass is 9.96. The number of nitrogens with one attached hydrogen (secondary N) is 2. The average molecular weight is 374 g/mol. The fraction of sp³-hybridized carbons (Fsp3) is 0.600. The second-order valence-corrected chi connectivity index (χ2v) is 7.49. The van der Waals surface area contributed by atoms with Crippen molar-refractivity contribution in [1.82, 2.24) is 10.2 Å². The van der Waals surface area contributed by atoms with Gasteiger partial charge in [-0.15, -0.1) is 0 Å². The summed E-state index contributed by atoms with van der Waals surface area (Å²) in [7, 11) is 1.66. The van der Waals surface area contributed by atoms with Gasteiger partial charge < -0.3 is 25.2 Å². The Bertz CT molecular complexity index is 663. The fourth-order valence-corrected chi connectivity index (χ4v) is 3.97. The van der Waals surface area contributed by atoms with Crippen molar-refractivity contribution in [3.63, 3.8) is 0 Å². The third-order valence-electron chi connectivity index (χ3n) is 5.31. The van der Waals surface area contributed by atoms with E-state index in [2.05, 4.69) is 29.4 Å². The van der Waals surface area contributed by atoms with E-state index < -0.39 is 0 Å². The Hall–Kier alpha value is -2.28. The summed E-state index contributed by atoms with van der Waals surface area (Å²) in [5.74, 6) is 0.0682. The largest absolute Gasteiger partial charge is 0.372 e. The highest BCUT2D eigenvalue weighted by molar-refractivity contribution is 5.93. The molecule has 0 spiro atoms. The maximum atomic E-state index is 12.7. The number of anilines is 2. The first-order valence-corrected chi connectivity index (χ1v) is 9.75. The van der Waals surface area contributed by atoms with Crippen molar-refractivity contribution in [3.05, 3.63) is 24.3 Å². The molecule has 3 rings (SSSR count). The van der Waals surface area contributed by atoms with Gasteiger partial charge in [-0.2, -0.15) is 0 Å². The second-order valence-electron chi connectivity index (χ2n) is 7.49. The molecule has 2 heterocycles. The van der Waals surface area contributed by atoms with Crippen LogP contribution in [0.25, 0.3) is 0 Å². The summed E-state index contributed by atoms with van der Waals surface area (Å²) in [6.07, 6.45) is 1.71. The van der Waals surface area contributed by atoms with Crippen LogP contribution >= 0.6 is 0 Å². The Morgan fingerprint density at radius 2 is 1.70 bits per heavy atom. The number of para-hydroxylation sites is 2. The molecule has 2 N–H and O–H groups in total. The van der Waals surface area contributed by atoms with E-state index in [1.807, 2.05) is 24.3 Å². The summed E-state index contributed by atoms with van der Waals surface area (Å²) in [5, 5.41) is 5.76. The number of hydrogen-bond acceptors (Lipinski definition) is 4. The Balaban J connectivity index is 1.64. The Morgan fingerprint density at radius 3 is 2.33 bits per heavy atom.